The quantitative estimate of drug-likeness (QED) is 0.823. The third-order valence-corrected chi connectivity index (χ3v) is 4.30. The highest BCUT2D eigenvalue weighted by Gasteiger charge is 2.38. The van der Waals surface area contributed by atoms with Crippen LogP contribution >= 0.6 is 0 Å². The average Bonchev–Trinajstić information content (AvgIpc) is 3.14. The van der Waals surface area contributed by atoms with E-state index in [9.17, 15) is 0 Å². The molecule has 4 rings (SSSR count). The van der Waals surface area contributed by atoms with Crippen molar-refractivity contribution >= 4 is 5.82 Å². The van der Waals surface area contributed by atoms with Crippen LogP contribution in [-0.2, 0) is 0 Å². The fraction of sp³-hybridized carbons (Fsp3) is 0.500. The Kier molecular flexibility index (Phi) is 2.33. The maximum atomic E-state index is 4.38. The van der Waals surface area contributed by atoms with Gasteiger partial charge in [0.1, 0.15) is 0 Å². The molecule has 3 heterocycles. The minimum absolute atomic E-state index is 0.692. The Balaban J connectivity index is 1.59. The largest absolute Gasteiger partial charge is 0.352 e. The molecule has 2 fully saturated rings. The molecule has 0 radical (unpaired) electrons. The molecule has 2 bridgehead atoms. The minimum Gasteiger partial charge on any atom is -0.352 e. The molecule has 1 saturated heterocycles. The normalized spacial score (nSPS) is 25.2. The highest BCUT2D eigenvalue weighted by atomic mass is 15.4. The molecular weight excluding hydrogens is 238 g/mol. The summed E-state index contributed by atoms with van der Waals surface area (Å²) in [6.07, 6.45) is 5.95. The molecule has 1 aliphatic carbocycles. The van der Waals surface area contributed by atoms with E-state index >= 15 is 0 Å². The van der Waals surface area contributed by atoms with Crippen LogP contribution in [0, 0.1) is 12.8 Å². The second-order valence-corrected chi connectivity index (χ2v) is 5.64. The van der Waals surface area contributed by atoms with Gasteiger partial charge in [0.25, 0.3) is 0 Å². The van der Waals surface area contributed by atoms with Gasteiger partial charge in [-0.3, -0.25) is 0 Å². The Labute approximate surface area is 112 Å². The number of anilines is 1. The molecule has 0 aromatic carbocycles. The lowest BCUT2D eigenvalue weighted by Crippen LogP contribution is -2.32. The van der Waals surface area contributed by atoms with Crippen LogP contribution in [0.4, 0.5) is 5.82 Å². The molecule has 19 heavy (non-hydrogen) atoms. The molecule has 5 nitrogen and oxygen atoms in total. The highest BCUT2D eigenvalue weighted by molar-refractivity contribution is 5.43. The molecule has 2 aliphatic rings. The first-order valence-electron chi connectivity index (χ1n) is 6.92. The molecule has 98 valence electrons. The van der Waals surface area contributed by atoms with E-state index in [1.54, 1.807) is 4.68 Å². The van der Waals surface area contributed by atoms with Gasteiger partial charge in [-0.15, -0.1) is 10.2 Å². The van der Waals surface area contributed by atoms with E-state index in [1.807, 2.05) is 25.3 Å². The standard InChI is InChI=1S/C14H17N5/c1-10-6-7-19(17-10)14-5-4-13(15-16-14)18-9-11-2-3-12(18)8-11/h4-7,11-12H,2-3,8-9H2,1H3. The second-order valence-electron chi connectivity index (χ2n) is 5.64. The van der Waals surface area contributed by atoms with Gasteiger partial charge in [0.2, 0.25) is 0 Å². The van der Waals surface area contributed by atoms with Gasteiger partial charge in [-0.05, 0) is 50.3 Å². The summed E-state index contributed by atoms with van der Waals surface area (Å²) in [6, 6.07) is 6.73. The number of aryl methyl sites for hydroxylation is 1. The van der Waals surface area contributed by atoms with E-state index in [0.717, 1.165) is 29.8 Å². The zero-order valence-corrected chi connectivity index (χ0v) is 11.0. The molecule has 0 amide bonds. The van der Waals surface area contributed by atoms with Crippen LogP contribution in [0.5, 0.6) is 0 Å². The Morgan fingerprint density at radius 1 is 1.11 bits per heavy atom. The second kappa shape index (κ2) is 4.05. The van der Waals surface area contributed by atoms with Crippen molar-refractivity contribution in [2.75, 3.05) is 11.4 Å². The lowest BCUT2D eigenvalue weighted by molar-refractivity contribution is 0.548. The van der Waals surface area contributed by atoms with Crippen molar-refractivity contribution in [3.63, 3.8) is 0 Å². The fourth-order valence-corrected chi connectivity index (χ4v) is 3.34. The zero-order chi connectivity index (χ0) is 12.8. The minimum atomic E-state index is 0.692. The highest BCUT2D eigenvalue weighted by Crippen LogP contribution is 2.39. The van der Waals surface area contributed by atoms with Crippen LogP contribution in [0.1, 0.15) is 25.0 Å². The van der Waals surface area contributed by atoms with Gasteiger partial charge in [-0.25, -0.2) is 4.68 Å². The number of nitrogens with zero attached hydrogens (tertiary/aromatic N) is 5. The van der Waals surface area contributed by atoms with Crippen LogP contribution in [0.15, 0.2) is 24.4 Å². The van der Waals surface area contributed by atoms with Gasteiger partial charge in [0.05, 0.1) is 5.69 Å². The Bertz CT molecular complexity index is 588. The fourth-order valence-electron chi connectivity index (χ4n) is 3.34. The van der Waals surface area contributed by atoms with Crippen molar-refractivity contribution in [2.45, 2.75) is 32.2 Å². The Morgan fingerprint density at radius 3 is 2.53 bits per heavy atom. The molecular formula is C14H17N5. The van der Waals surface area contributed by atoms with E-state index in [4.69, 9.17) is 0 Å². The van der Waals surface area contributed by atoms with Crippen LogP contribution in [0.3, 0.4) is 0 Å². The summed E-state index contributed by atoms with van der Waals surface area (Å²) < 4.78 is 1.77. The molecule has 2 aromatic rings. The molecule has 1 aliphatic heterocycles. The van der Waals surface area contributed by atoms with Crippen LogP contribution < -0.4 is 4.90 Å². The summed E-state index contributed by atoms with van der Waals surface area (Å²) in [5, 5.41) is 13.0. The van der Waals surface area contributed by atoms with E-state index < -0.39 is 0 Å². The van der Waals surface area contributed by atoms with Crippen molar-refractivity contribution < 1.29 is 0 Å². The summed E-state index contributed by atoms with van der Waals surface area (Å²) in [5.41, 5.74) is 0.989. The first-order valence-corrected chi connectivity index (χ1v) is 6.92. The number of piperidine rings is 1. The summed E-state index contributed by atoms with van der Waals surface area (Å²) in [4.78, 5) is 2.42. The van der Waals surface area contributed by atoms with Gasteiger partial charge < -0.3 is 4.90 Å². The van der Waals surface area contributed by atoms with Gasteiger partial charge in [-0.1, -0.05) is 0 Å². The summed E-state index contributed by atoms with van der Waals surface area (Å²) >= 11 is 0. The van der Waals surface area contributed by atoms with Gasteiger partial charge >= 0.3 is 0 Å². The van der Waals surface area contributed by atoms with E-state index in [-0.39, 0.29) is 0 Å². The van der Waals surface area contributed by atoms with E-state index in [1.165, 1.54) is 19.3 Å². The Hall–Kier alpha value is -1.91. The smallest absolute Gasteiger partial charge is 0.175 e. The SMILES string of the molecule is Cc1ccn(-c2ccc(N3CC4CCC3C4)nn2)n1. The van der Waals surface area contributed by atoms with Crippen molar-refractivity contribution in [3.8, 4) is 5.82 Å². The topological polar surface area (TPSA) is 46.8 Å². The van der Waals surface area contributed by atoms with Crippen LogP contribution in [0.25, 0.3) is 5.82 Å². The summed E-state index contributed by atoms with van der Waals surface area (Å²) in [5.74, 6) is 2.67. The molecule has 2 aromatic heterocycles. The molecule has 2 unspecified atom stereocenters. The van der Waals surface area contributed by atoms with Crippen molar-refractivity contribution in [1.29, 1.82) is 0 Å². The Morgan fingerprint density at radius 2 is 1.95 bits per heavy atom. The van der Waals surface area contributed by atoms with Crippen LogP contribution in [-0.4, -0.2) is 32.6 Å². The zero-order valence-electron chi connectivity index (χ0n) is 11.0. The lowest BCUT2D eigenvalue weighted by Gasteiger charge is -2.27. The molecule has 5 heteroatoms. The summed E-state index contributed by atoms with van der Waals surface area (Å²) in [6.45, 7) is 3.12. The van der Waals surface area contributed by atoms with Crippen molar-refractivity contribution in [1.82, 2.24) is 20.0 Å². The van der Waals surface area contributed by atoms with Gasteiger partial charge in [0.15, 0.2) is 11.6 Å². The van der Waals surface area contributed by atoms with Gasteiger partial charge in [-0.2, -0.15) is 5.10 Å². The number of fused-ring (bicyclic) bond motifs is 2. The number of hydrogen-bond acceptors (Lipinski definition) is 4. The third kappa shape index (κ3) is 1.80. The molecule has 0 spiro atoms. The predicted molar refractivity (Wildman–Crippen MR) is 72.4 cm³/mol. The maximum Gasteiger partial charge on any atom is 0.175 e. The number of aromatic nitrogens is 4. The number of hydrogen-bond donors (Lipinski definition) is 0. The lowest BCUT2D eigenvalue weighted by atomic mass is 10.1. The number of rotatable bonds is 2. The maximum absolute atomic E-state index is 4.38. The third-order valence-electron chi connectivity index (χ3n) is 4.30. The molecule has 1 saturated carbocycles. The van der Waals surface area contributed by atoms with E-state index in [0.29, 0.717) is 6.04 Å². The average molecular weight is 255 g/mol. The van der Waals surface area contributed by atoms with Gasteiger partial charge in [0, 0.05) is 18.8 Å². The van der Waals surface area contributed by atoms with Crippen molar-refractivity contribution in [2.24, 2.45) is 5.92 Å². The predicted octanol–water partition coefficient (Wildman–Crippen LogP) is 1.96. The van der Waals surface area contributed by atoms with Crippen molar-refractivity contribution in [3.05, 3.63) is 30.1 Å². The first kappa shape index (κ1) is 11.0. The molecule has 0 N–H and O–H groups in total. The first-order chi connectivity index (χ1) is 9.29. The van der Waals surface area contributed by atoms with Crippen LogP contribution in [0.2, 0.25) is 0 Å². The molecule has 2 atom stereocenters. The summed E-state index contributed by atoms with van der Waals surface area (Å²) in [7, 11) is 0. The monoisotopic (exact) mass is 255 g/mol. The van der Waals surface area contributed by atoms with E-state index in [2.05, 4.69) is 26.3 Å².